The Labute approximate surface area is 409 Å². The van der Waals surface area contributed by atoms with Gasteiger partial charge in [0.15, 0.2) is 6.10 Å². The summed E-state index contributed by atoms with van der Waals surface area (Å²) in [7, 11) is 0. The molecule has 0 N–H and O–H groups in total. The van der Waals surface area contributed by atoms with Crippen LogP contribution in [0.15, 0.2) is 48.6 Å². The number of rotatable bonds is 52. The molecule has 384 valence electrons. The van der Waals surface area contributed by atoms with Crippen LogP contribution in [-0.2, 0) is 28.6 Å². The van der Waals surface area contributed by atoms with Crippen molar-refractivity contribution in [3.63, 3.8) is 0 Å². The Morgan fingerprint density at radius 3 is 0.924 bits per heavy atom. The second-order valence-electron chi connectivity index (χ2n) is 19.2. The summed E-state index contributed by atoms with van der Waals surface area (Å²) in [5.41, 5.74) is 0. The molecule has 6 heteroatoms. The first-order chi connectivity index (χ1) is 32.5. The fraction of sp³-hybridized carbons (Fsp3) is 0.817. The lowest BCUT2D eigenvalue weighted by molar-refractivity contribution is -0.167. The molecular weight excluding hydrogens is 817 g/mol. The SMILES string of the molecule is CC/C=C\C/C=C\C/C=C\C/C=C\CCCCCCCCC(=O)OCC(COC(=O)CCCCCCCCCCCCC)OC(=O)CCCCCCCCCCCCCCCCCCCC. The van der Waals surface area contributed by atoms with Crippen LogP contribution >= 0.6 is 0 Å². The standard InChI is InChI=1S/C60H108O6/c1-4-7-10-13-16-19-22-24-26-28-30-32-33-35-38-41-44-47-50-53-59(62)65-56-57(55-64-58(61)52-49-46-43-40-37-21-18-15-12-9-6-3)66-60(63)54-51-48-45-42-39-36-34-31-29-27-25-23-20-17-14-11-8-5-2/h7,10,16,19,24,26,30,32,57H,4-6,8-9,11-15,17-18,20-23,25,27-29,31,33-56H2,1-3H3/b10-7-,19-16-,26-24-,32-30-. The molecule has 6 nitrogen and oxygen atoms in total. The van der Waals surface area contributed by atoms with Gasteiger partial charge in [-0.3, -0.25) is 14.4 Å². The van der Waals surface area contributed by atoms with Crippen molar-refractivity contribution in [2.45, 2.75) is 303 Å². The lowest BCUT2D eigenvalue weighted by atomic mass is 10.0. The van der Waals surface area contributed by atoms with Gasteiger partial charge in [-0.2, -0.15) is 0 Å². The van der Waals surface area contributed by atoms with Crippen LogP contribution in [0.1, 0.15) is 297 Å². The predicted octanol–water partition coefficient (Wildman–Crippen LogP) is 19.0. The van der Waals surface area contributed by atoms with Gasteiger partial charge in [0.05, 0.1) is 0 Å². The molecule has 0 aromatic carbocycles. The summed E-state index contributed by atoms with van der Waals surface area (Å²) >= 11 is 0. The Balaban J connectivity index is 4.32. The highest BCUT2D eigenvalue weighted by Gasteiger charge is 2.19. The van der Waals surface area contributed by atoms with E-state index in [1.54, 1.807) is 0 Å². The third kappa shape index (κ3) is 52.3. The zero-order valence-corrected chi connectivity index (χ0v) is 44.0. The molecule has 0 spiro atoms. The summed E-state index contributed by atoms with van der Waals surface area (Å²) < 4.78 is 16.9. The monoisotopic (exact) mass is 925 g/mol. The Morgan fingerprint density at radius 2 is 0.591 bits per heavy atom. The number of esters is 3. The molecule has 0 aromatic rings. The second kappa shape index (κ2) is 55.0. The first kappa shape index (κ1) is 63.4. The number of unbranched alkanes of at least 4 members (excludes halogenated alkanes) is 33. The van der Waals surface area contributed by atoms with Crippen LogP contribution in [0.2, 0.25) is 0 Å². The Hall–Kier alpha value is -2.63. The summed E-state index contributed by atoms with van der Waals surface area (Å²) in [5, 5.41) is 0. The van der Waals surface area contributed by atoms with Crippen molar-refractivity contribution in [3.8, 4) is 0 Å². The first-order valence-corrected chi connectivity index (χ1v) is 28.6. The van der Waals surface area contributed by atoms with Crippen LogP contribution in [0.5, 0.6) is 0 Å². The average Bonchev–Trinajstić information content (AvgIpc) is 3.31. The van der Waals surface area contributed by atoms with Crippen LogP contribution < -0.4 is 0 Å². The van der Waals surface area contributed by atoms with Gasteiger partial charge in [0.1, 0.15) is 13.2 Å². The van der Waals surface area contributed by atoms with Crippen LogP contribution in [-0.4, -0.2) is 37.2 Å². The molecular formula is C60H108O6. The van der Waals surface area contributed by atoms with E-state index in [9.17, 15) is 14.4 Å². The molecule has 0 saturated carbocycles. The van der Waals surface area contributed by atoms with Gasteiger partial charge in [0.25, 0.3) is 0 Å². The summed E-state index contributed by atoms with van der Waals surface area (Å²) in [6.07, 6.45) is 66.7. The van der Waals surface area contributed by atoms with Crippen molar-refractivity contribution in [2.24, 2.45) is 0 Å². The van der Waals surface area contributed by atoms with Gasteiger partial charge < -0.3 is 14.2 Å². The van der Waals surface area contributed by atoms with Crippen molar-refractivity contribution >= 4 is 17.9 Å². The highest BCUT2D eigenvalue weighted by Crippen LogP contribution is 2.17. The molecule has 0 aliphatic carbocycles. The van der Waals surface area contributed by atoms with Crippen LogP contribution in [0.4, 0.5) is 0 Å². The predicted molar refractivity (Wildman–Crippen MR) is 284 cm³/mol. The Kier molecular flexibility index (Phi) is 52.8. The highest BCUT2D eigenvalue weighted by molar-refractivity contribution is 5.71. The average molecular weight is 926 g/mol. The van der Waals surface area contributed by atoms with E-state index in [1.807, 2.05) is 0 Å². The molecule has 0 radical (unpaired) electrons. The molecule has 66 heavy (non-hydrogen) atoms. The smallest absolute Gasteiger partial charge is 0.306 e. The summed E-state index contributed by atoms with van der Waals surface area (Å²) in [6, 6.07) is 0. The van der Waals surface area contributed by atoms with Gasteiger partial charge in [0, 0.05) is 19.3 Å². The van der Waals surface area contributed by atoms with E-state index < -0.39 is 6.10 Å². The minimum atomic E-state index is -0.775. The molecule has 0 rings (SSSR count). The van der Waals surface area contributed by atoms with Crippen molar-refractivity contribution in [3.05, 3.63) is 48.6 Å². The molecule has 1 atom stereocenters. The number of carbonyl (C=O) groups excluding carboxylic acids is 3. The molecule has 0 heterocycles. The van der Waals surface area contributed by atoms with E-state index in [1.165, 1.54) is 167 Å². The minimum Gasteiger partial charge on any atom is -0.462 e. The fourth-order valence-electron chi connectivity index (χ4n) is 8.32. The zero-order chi connectivity index (χ0) is 47.9. The molecule has 0 amide bonds. The molecule has 0 bridgehead atoms. The molecule has 0 saturated heterocycles. The third-order valence-electron chi connectivity index (χ3n) is 12.6. The number of ether oxygens (including phenoxy) is 3. The summed E-state index contributed by atoms with van der Waals surface area (Å²) in [4.78, 5) is 38.1. The first-order valence-electron chi connectivity index (χ1n) is 28.6. The second-order valence-corrected chi connectivity index (χ2v) is 19.2. The van der Waals surface area contributed by atoms with Gasteiger partial charge in [0.2, 0.25) is 0 Å². The van der Waals surface area contributed by atoms with Gasteiger partial charge in [-0.1, -0.05) is 268 Å². The Bertz CT molecular complexity index is 1150. The lowest BCUT2D eigenvalue weighted by Gasteiger charge is -2.18. The number of hydrogen-bond acceptors (Lipinski definition) is 6. The number of allylic oxidation sites excluding steroid dienone is 8. The van der Waals surface area contributed by atoms with Crippen LogP contribution in [0.3, 0.4) is 0 Å². The van der Waals surface area contributed by atoms with Crippen molar-refractivity contribution < 1.29 is 28.6 Å². The quantitative estimate of drug-likeness (QED) is 0.0262. The molecule has 1 unspecified atom stereocenters. The molecule has 0 aromatic heterocycles. The number of carbonyl (C=O) groups is 3. The fourth-order valence-corrected chi connectivity index (χ4v) is 8.32. The van der Waals surface area contributed by atoms with Crippen molar-refractivity contribution in [1.29, 1.82) is 0 Å². The lowest BCUT2D eigenvalue weighted by Crippen LogP contribution is -2.30. The van der Waals surface area contributed by atoms with Gasteiger partial charge in [-0.15, -0.1) is 0 Å². The largest absolute Gasteiger partial charge is 0.462 e. The summed E-state index contributed by atoms with van der Waals surface area (Å²) in [6.45, 7) is 6.55. The van der Waals surface area contributed by atoms with Crippen LogP contribution in [0, 0.1) is 0 Å². The van der Waals surface area contributed by atoms with E-state index in [-0.39, 0.29) is 31.1 Å². The maximum Gasteiger partial charge on any atom is 0.306 e. The van der Waals surface area contributed by atoms with Gasteiger partial charge >= 0.3 is 17.9 Å². The van der Waals surface area contributed by atoms with Gasteiger partial charge in [-0.25, -0.2) is 0 Å². The number of hydrogen-bond donors (Lipinski definition) is 0. The minimum absolute atomic E-state index is 0.0735. The van der Waals surface area contributed by atoms with Crippen LogP contribution in [0.25, 0.3) is 0 Å². The van der Waals surface area contributed by atoms with E-state index in [0.29, 0.717) is 19.3 Å². The maximum absolute atomic E-state index is 12.8. The van der Waals surface area contributed by atoms with E-state index in [2.05, 4.69) is 69.4 Å². The molecule has 0 aliphatic heterocycles. The molecule has 0 fully saturated rings. The van der Waals surface area contributed by atoms with Crippen molar-refractivity contribution in [2.75, 3.05) is 13.2 Å². The van der Waals surface area contributed by atoms with Crippen molar-refractivity contribution in [1.82, 2.24) is 0 Å². The topological polar surface area (TPSA) is 78.9 Å². The third-order valence-corrected chi connectivity index (χ3v) is 12.6. The maximum atomic E-state index is 12.8. The zero-order valence-electron chi connectivity index (χ0n) is 44.0. The normalized spacial score (nSPS) is 12.3. The van der Waals surface area contributed by atoms with Gasteiger partial charge in [-0.05, 0) is 57.8 Å². The highest BCUT2D eigenvalue weighted by atomic mass is 16.6. The Morgan fingerprint density at radius 1 is 0.318 bits per heavy atom. The van der Waals surface area contributed by atoms with E-state index in [0.717, 1.165) is 89.9 Å². The van der Waals surface area contributed by atoms with E-state index in [4.69, 9.17) is 14.2 Å². The molecule has 0 aliphatic rings. The van der Waals surface area contributed by atoms with E-state index >= 15 is 0 Å². The summed E-state index contributed by atoms with van der Waals surface area (Å²) in [5.74, 6) is -0.873.